The van der Waals surface area contributed by atoms with Crippen LogP contribution in [0, 0.1) is 11.7 Å². The average molecular weight is 341 g/mol. The first-order valence-corrected chi connectivity index (χ1v) is 8.25. The highest BCUT2D eigenvalue weighted by molar-refractivity contribution is 5.79. The van der Waals surface area contributed by atoms with Gasteiger partial charge in [-0.1, -0.05) is 0 Å². The van der Waals surface area contributed by atoms with E-state index in [4.69, 9.17) is 4.74 Å². The number of rotatable bonds is 5. The van der Waals surface area contributed by atoms with Crippen molar-refractivity contribution >= 4 is 22.4 Å². The van der Waals surface area contributed by atoms with Gasteiger partial charge in [-0.2, -0.15) is 0 Å². The summed E-state index contributed by atoms with van der Waals surface area (Å²) in [5.41, 5.74) is 2.89. The molecule has 1 aliphatic heterocycles. The van der Waals surface area contributed by atoms with Gasteiger partial charge in [-0.3, -0.25) is 0 Å². The molecular weight excluding hydrogens is 321 g/mol. The summed E-state index contributed by atoms with van der Waals surface area (Å²) in [7, 11) is 3.53. The Balaban J connectivity index is 1.63. The van der Waals surface area contributed by atoms with Gasteiger partial charge >= 0.3 is 0 Å². The molecule has 7 heteroatoms. The third kappa shape index (κ3) is 2.91. The minimum atomic E-state index is -0.322. The molecule has 0 spiro atoms. The molecule has 0 atom stereocenters. The lowest BCUT2D eigenvalue weighted by molar-refractivity contribution is 0.137. The van der Waals surface area contributed by atoms with Gasteiger partial charge in [0.25, 0.3) is 0 Å². The van der Waals surface area contributed by atoms with E-state index in [-0.39, 0.29) is 5.82 Å². The number of ether oxygens (including phenoxy) is 1. The molecule has 25 heavy (non-hydrogen) atoms. The zero-order valence-corrected chi connectivity index (χ0v) is 14.2. The number of aromatic nitrogens is 3. The number of methoxy groups -OCH3 is 1. The number of nitrogens with zero attached hydrogens (tertiary/aromatic N) is 4. The molecule has 6 nitrogen and oxygen atoms in total. The second-order valence-electron chi connectivity index (χ2n) is 6.32. The highest BCUT2D eigenvalue weighted by Gasteiger charge is 2.27. The van der Waals surface area contributed by atoms with Crippen molar-refractivity contribution in [1.29, 1.82) is 0 Å². The van der Waals surface area contributed by atoms with Crippen molar-refractivity contribution in [1.82, 2.24) is 14.8 Å². The number of hydrogen-bond acceptors (Lipinski definition) is 5. The van der Waals surface area contributed by atoms with Crippen molar-refractivity contribution in [3.05, 3.63) is 42.5 Å². The van der Waals surface area contributed by atoms with Gasteiger partial charge in [-0.25, -0.2) is 14.1 Å². The number of anilines is 2. The Kier molecular flexibility index (Phi) is 4.01. The average Bonchev–Trinajstić information content (AvgIpc) is 3.01. The molecule has 1 aromatic carbocycles. The highest BCUT2D eigenvalue weighted by Crippen LogP contribution is 2.27. The maximum Gasteiger partial charge on any atom is 0.181 e. The third-order valence-electron chi connectivity index (χ3n) is 4.55. The lowest BCUT2D eigenvalue weighted by atomic mass is 10.0. The topological polar surface area (TPSA) is 55.2 Å². The van der Waals surface area contributed by atoms with Crippen LogP contribution >= 0.6 is 0 Å². The number of fused-ring (bicyclic) bond motifs is 1. The second-order valence-corrected chi connectivity index (χ2v) is 6.32. The molecule has 1 aliphatic rings. The van der Waals surface area contributed by atoms with E-state index in [0.29, 0.717) is 17.3 Å². The van der Waals surface area contributed by atoms with Crippen molar-refractivity contribution in [2.45, 2.75) is 0 Å². The van der Waals surface area contributed by atoms with E-state index in [9.17, 15) is 4.39 Å². The zero-order valence-electron chi connectivity index (χ0n) is 14.2. The van der Waals surface area contributed by atoms with E-state index < -0.39 is 0 Å². The summed E-state index contributed by atoms with van der Waals surface area (Å²) in [5, 5.41) is 8.31. The molecule has 1 fully saturated rings. The Morgan fingerprint density at radius 2 is 2.16 bits per heavy atom. The van der Waals surface area contributed by atoms with Crippen molar-refractivity contribution < 1.29 is 9.13 Å². The zero-order chi connectivity index (χ0) is 17.4. The van der Waals surface area contributed by atoms with Crippen LogP contribution in [0.15, 0.2) is 36.7 Å². The Morgan fingerprint density at radius 1 is 1.32 bits per heavy atom. The van der Waals surface area contributed by atoms with Crippen LogP contribution in [0.2, 0.25) is 0 Å². The third-order valence-corrected chi connectivity index (χ3v) is 4.55. The maximum absolute atomic E-state index is 14.2. The lowest BCUT2D eigenvalue weighted by Gasteiger charge is -2.40. The second kappa shape index (κ2) is 6.33. The van der Waals surface area contributed by atoms with Crippen molar-refractivity contribution in [3.63, 3.8) is 0 Å². The maximum atomic E-state index is 14.2. The van der Waals surface area contributed by atoms with E-state index in [1.807, 2.05) is 12.4 Å². The molecule has 3 aromatic rings. The molecule has 4 rings (SSSR count). The minimum Gasteiger partial charge on any atom is -0.388 e. The van der Waals surface area contributed by atoms with E-state index >= 15 is 0 Å². The van der Waals surface area contributed by atoms with Gasteiger partial charge in [0, 0.05) is 50.4 Å². The quantitative estimate of drug-likeness (QED) is 0.773. The van der Waals surface area contributed by atoms with Crippen LogP contribution in [0.4, 0.5) is 15.8 Å². The largest absolute Gasteiger partial charge is 0.388 e. The van der Waals surface area contributed by atoms with Gasteiger partial charge in [0.05, 0.1) is 18.5 Å². The first kappa shape index (κ1) is 15.8. The summed E-state index contributed by atoms with van der Waals surface area (Å²) in [6.45, 7) is 2.72. The SMILES string of the molecule is CNc1ccc(F)c(-n2cc3cc(N4CC(COC)C4)cnc3n2)c1. The standard InChI is InChI=1S/C18H20FN5O/c1-20-14-3-4-16(19)17(6-14)24-10-13-5-15(7-21-18(13)22-24)23-8-12(9-23)11-25-2/h3-7,10,12,20H,8-9,11H2,1-2H3. The van der Waals surface area contributed by atoms with Crippen LogP contribution in [0.25, 0.3) is 16.7 Å². The summed E-state index contributed by atoms with van der Waals surface area (Å²) in [4.78, 5) is 6.69. The highest BCUT2D eigenvalue weighted by atomic mass is 19.1. The molecule has 130 valence electrons. The van der Waals surface area contributed by atoms with Gasteiger partial charge in [-0.05, 0) is 24.3 Å². The molecule has 0 unspecified atom stereocenters. The fourth-order valence-electron chi connectivity index (χ4n) is 3.17. The van der Waals surface area contributed by atoms with Crippen molar-refractivity contribution in [2.24, 2.45) is 5.92 Å². The first-order valence-electron chi connectivity index (χ1n) is 8.25. The van der Waals surface area contributed by atoms with Gasteiger partial charge in [0.2, 0.25) is 0 Å². The number of pyridine rings is 1. The van der Waals surface area contributed by atoms with Crippen LogP contribution in [0.3, 0.4) is 0 Å². The predicted molar refractivity (Wildman–Crippen MR) is 95.9 cm³/mol. The molecule has 0 aliphatic carbocycles. The summed E-state index contributed by atoms with van der Waals surface area (Å²) >= 11 is 0. The molecule has 1 N–H and O–H groups in total. The fourth-order valence-corrected chi connectivity index (χ4v) is 3.17. The van der Waals surface area contributed by atoms with Gasteiger partial charge < -0.3 is 15.0 Å². The molecular formula is C18H20FN5O. The normalized spacial score (nSPS) is 14.8. The van der Waals surface area contributed by atoms with Crippen LogP contribution in [-0.4, -0.2) is 48.6 Å². The monoisotopic (exact) mass is 341 g/mol. The number of nitrogens with one attached hydrogen (secondary N) is 1. The summed E-state index contributed by atoms with van der Waals surface area (Å²) in [6.07, 6.45) is 3.64. The Labute approximate surface area is 145 Å². The number of hydrogen-bond donors (Lipinski definition) is 1. The first-order chi connectivity index (χ1) is 12.2. The van der Waals surface area contributed by atoms with Gasteiger partial charge in [-0.15, -0.1) is 5.10 Å². The summed E-state index contributed by atoms with van der Waals surface area (Å²) in [6, 6.07) is 6.91. The molecule has 3 heterocycles. The fraction of sp³-hybridized carbons (Fsp3) is 0.333. The van der Waals surface area contributed by atoms with E-state index in [1.165, 1.54) is 6.07 Å². The van der Waals surface area contributed by atoms with Gasteiger partial charge in [0.1, 0.15) is 11.5 Å². The molecule has 0 saturated carbocycles. The van der Waals surface area contributed by atoms with Gasteiger partial charge in [0.15, 0.2) is 5.65 Å². The van der Waals surface area contributed by atoms with Crippen molar-refractivity contribution in [2.75, 3.05) is 44.1 Å². The Morgan fingerprint density at radius 3 is 2.92 bits per heavy atom. The molecule has 0 amide bonds. The predicted octanol–water partition coefficient (Wildman–Crippen LogP) is 2.68. The number of halogens is 1. The molecule has 1 saturated heterocycles. The van der Waals surface area contributed by atoms with Crippen LogP contribution in [0.1, 0.15) is 0 Å². The molecule has 2 aromatic heterocycles. The van der Waals surface area contributed by atoms with E-state index in [2.05, 4.69) is 26.4 Å². The van der Waals surface area contributed by atoms with E-state index in [1.54, 1.807) is 31.0 Å². The Bertz CT molecular complexity index is 904. The van der Waals surface area contributed by atoms with Crippen LogP contribution < -0.4 is 10.2 Å². The molecule has 0 bridgehead atoms. The molecule has 0 radical (unpaired) electrons. The van der Waals surface area contributed by atoms with E-state index in [0.717, 1.165) is 36.5 Å². The Hall–Kier alpha value is -2.67. The van der Waals surface area contributed by atoms with Crippen molar-refractivity contribution in [3.8, 4) is 5.69 Å². The van der Waals surface area contributed by atoms with Crippen LogP contribution in [-0.2, 0) is 4.74 Å². The van der Waals surface area contributed by atoms with Crippen LogP contribution in [0.5, 0.6) is 0 Å². The minimum absolute atomic E-state index is 0.322. The lowest BCUT2D eigenvalue weighted by Crippen LogP contribution is -2.48. The summed E-state index contributed by atoms with van der Waals surface area (Å²) < 4.78 is 20.9. The number of benzene rings is 1. The summed E-state index contributed by atoms with van der Waals surface area (Å²) in [5.74, 6) is 0.249. The smallest absolute Gasteiger partial charge is 0.181 e.